The number of methoxy groups -OCH3 is 2. The summed E-state index contributed by atoms with van der Waals surface area (Å²) in [6.45, 7) is 0.386. The second kappa shape index (κ2) is 6.69. The van der Waals surface area contributed by atoms with Crippen LogP contribution in [0.25, 0.3) is 0 Å². The average Bonchev–Trinajstić information content (AvgIpc) is 3.00. The minimum atomic E-state index is -0.255. The number of carbonyl (C=O) groups excluding carboxylic acids is 1. The Morgan fingerprint density at radius 2 is 2.10 bits per heavy atom. The Morgan fingerprint density at radius 3 is 2.71 bits per heavy atom. The molecule has 112 valence electrons. The van der Waals surface area contributed by atoms with Crippen LogP contribution < -0.4 is 14.8 Å². The lowest BCUT2D eigenvalue weighted by molar-refractivity contribution is 0.216. The molecule has 1 aromatic heterocycles. The molecule has 0 saturated carbocycles. The van der Waals surface area contributed by atoms with E-state index < -0.39 is 0 Å². The smallest absolute Gasteiger partial charge is 0.322 e. The highest BCUT2D eigenvalue weighted by Crippen LogP contribution is 2.29. The Hall–Kier alpha value is -2.63. The fourth-order valence-corrected chi connectivity index (χ4v) is 1.82. The van der Waals surface area contributed by atoms with E-state index in [-0.39, 0.29) is 6.03 Å². The summed E-state index contributed by atoms with van der Waals surface area (Å²) < 4.78 is 15.6. The van der Waals surface area contributed by atoms with Gasteiger partial charge < -0.3 is 24.1 Å². The van der Waals surface area contributed by atoms with Gasteiger partial charge in [-0.1, -0.05) is 0 Å². The molecule has 6 nitrogen and oxygen atoms in total. The molecule has 0 atom stereocenters. The zero-order chi connectivity index (χ0) is 15.2. The van der Waals surface area contributed by atoms with E-state index >= 15 is 0 Å². The number of anilines is 1. The monoisotopic (exact) mass is 290 g/mol. The summed E-state index contributed by atoms with van der Waals surface area (Å²) in [7, 11) is 4.80. The third-order valence-electron chi connectivity index (χ3n) is 2.97. The van der Waals surface area contributed by atoms with Gasteiger partial charge in [0.05, 0.1) is 32.7 Å². The molecule has 0 fully saturated rings. The third kappa shape index (κ3) is 3.68. The first-order chi connectivity index (χ1) is 10.1. The standard InChI is InChI=1S/C15H18N2O4/c1-17(10-12-5-4-8-21-12)15(18)16-13-7-6-11(19-2)9-14(13)20-3/h4-9H,10H2,1-3H3,(H,16,18). The maximum atomic E-state index is 12.1. The fourth-order valence-electron chi connectivity index (χ4n) is 1.82. The molecule has 0 bridgehead atoms. The van der Waals surface area contributed by atoms with Crippen molar-refractivity contribution in [3.05, 3.63) is 42.4 Å². The normalized spacial score (nSPS) is 10.0. The molecule has 0 aliphatic rings. The molecule has 1 heterocycles. The van der Waals surface area contributed by atoms with Crippen molar-refractivity contribution in [1.29, 1.82) is 0 Å². The third-order valence-corrected chi connectivity index (χ3v) is 2.97. The first kappa shape index (κ1) is 14.8. The lowest BCUT2D eigenvalue weighted by Gasteiger charge is -2.18. The molecule has 1 aromatic carbocycles. The summed E-state index contributed by atoms with van der Waals surface area (Å²) in [6.07, 6.45) is 1.58. The van der Waals surface area contributed by atoms with Crippen LogP contribution in [0.3, 0.4) is 0 Å². The number of hydrogen-bond acceptors (Lipinski definition) is 4. The van der Waals surface area contributed by atoms with Gasteiger partial charge in [-0.25, -0.2) is 4.79 Å². The van der Waals surface area contributed by atoms with Crippen molar-refractivity contribution in [2.75, 3.05) is 26.6 Å². The van der Waals surface area contributed by atoms with Crippen molar-refractivity contribution in [2.24, 2.45) is 0 Å². The first-order valence-corrected chi connectivity index (χ1v) is 6.40. The molecule has 6 heteroatoms. The van der Waals surface area contributed by atoms with Crippen LogP contribution in [-0.4, -0.2) is 32.2 Å². The number of nitrogens with one attached hydrogen (secondary N) is 1. The molecule has 0 aliphatic heterocycles. The van der Waals surface area contributed by atoms with Gasteiger partial charge in [-0.15, -0.1) is 0 Å². The Bertz CT molecular complexity index is 596. The van der Waals surface area contributed by atoms with Gasteiger partial charge in [-0.05, 0) is 24.3 Å². The molecule has 1 N–H and O–H groups in total. The molecule has 21 heavy (non-hydrogen) atoms. The van der Waals surface area contributed by atoms with E-state index in [0.29, 0.717) is 29.5 Å². The van der Waals surface area contributed by atoms with E-state index in [9.17, 15) is 4.79 Å². The number of benzene rings is 1. The largest absolute Gasteiger partial charge is 0.497 e. The second-order valence-electron chi connectivity index (χ2n) is 4.43. The maximum absolute atomic E-state index is 12.1. The minimum Gasteiger partial charge on any atom is -0.497 e. The topological polar surface area (TPSA) is 63.9 Å². The molecular formula is C15H18N2O4. The molecule has 2 amide bonds. The van der Waals surface area contributed by atoms with Crippen LogP contribution in [0.2, 0.25) is 0 Å². The number of rotatable bonds is 5. The van der Waals surface area contributed by atoms with E-state index in [4.69, 9.17) is 13.9 Å². The Labute approximate surface area is 123 Å². The van der Waals surface area contributed by atoms with E-state index in [1.54, 1.807) is 44.7 Å². The summed E-state index contributed by atoms with van der Waals surface area (Å²) in [4.78, 5) is 13.7. The van der Waals surface area contributed by atoms with Crippen molar-refractivity contribution in [2.45, 2.75) is 6.54 Å². The Balaban J connectivity index is 2.04. The van der Waals surface area contributed by atoms with E-state index in [2.05, 4.69) is 5.32 Å². The molecule has 2 rings (SSSR count). The molecular weight excluding hydrogens is 272 g/mol. The number of hydrogen-bond donors (Lipinski definition) is 1. The molecule has 0 unspecified atom stereocenters. The lowest BCUT2D eigenvalue weighted by Crippen LogP contribution is -2.30. The van der Waals surface area contributed by atoms with E-state index in [1.807, 2.05) is 6.07 Å². The quantitative estimate of drug-likeness (QED) is 0.919. The molecule has 2 aromatic rings. The summed E-state index contributed by atoms with van der Waals surface area (Å²) in [5.74, 6) is 1.91. The number of carbonyl (C=O) groups is 1. The number of amides is 2. The summed E-state index contributed by atoms with van der Waals surface area (Å²) in [6, 6.07) is 8.55. The highest BCUT2D eigenvalue weighted by Gasteiger charge is 2.13. The summed E-state index contributed by atoms with van der Waals surface area (Å²) >= 11 is 0. The predicted molar refractivity (Wildman–Crippen MR) is 78.7 cm³/mol. The van der Waals surface area contributed by atoms with Gasteiger partial charge in [0.1, 0.15) is 17.3 Å². The van der Waals surface area contributed by atoms with Crippen LogP contribution in [0.15, 0.2) is 41.0 Å². The number of ether oxygens (including phenoxy) is 2. The molecule has 0 radical (unpaired) electrons. The van der Waals surface area contributed by atoms with Crippen LogP contribution in [0.5, 0.6) is 11.5 Å². The van der Waals surface area contributed by atoms with Crippen LogP contribution in [0.4, 0.5) is 10.5 Å². The zero-order valence-electron chi connectivity index (χ0n) is 12.3. The molecule has 0 aliphatic carbocycles. The Kier molecular flexibility index (Phi) is 4.71. The SMILES string of the molecule is COc1ccc(NC(=O)N(C)Cc2ccco2)c(OC)c1. The lowest BCUT2D eigenvalue weighted by atomic mass is 10.2. The van der Waals surface area contributed by atoms with Crippen LogP contribution >= 0.6 is 0 Å². The van der Waals surface area contributed by atoms with Crippen molar-refractivity contribution in [3.63, 3.8) is 0 Å². The van der Waals surface area contributed by atoms with E-state index in [1.165, 1.54) is 12.0 Å². The van der Waals surface area contributed by atoms with Gasteiger partial charge in [0, 0.05) is 13.1 Å². The number of furan rings is 1. The zero-order valence-corrected chi connectivity index (χ0v) is 12.3. The van der Waals surface area contributed by atoms with Gasteiger partial charge in [-0.2, -0.15) is 0 Å². The van der Waals surface area contributed by atoms with E-state index in [0.717, 1.165) is 0 Å². The van der Waals surface area contributed by atoms with Crippen LogP contribution in [0, 0.1) is 0 Å². The maximum Gasteiger partial charge on any atom is 0.322 e. The van der Waals surface area contributed by atoms with Gasteiger partial charge in [0.2, 0.25) is 0 Å². The van der Waals surface area contributed by atoms with Crippen molar-refractivity contribution < 1.29 is 18.7 Å². The fraction of sp³-hybridized carbons (Fsp3) is 0.267. The van der Waals surface area contributed by atoms with Gasteiger partial charge >= 0.3 is 6.03 Å². The van der Waals surface area contributed by atoms with Crippen LogP contribution in [-0.2, 0) is 6.54 Å². The highest BCUT2D eigenvalue weighted by molar-refractivity contribution is 5.90. The minimum absolute atomic E-state index is 0.255. The highest BCUT2D eigenvalue weighted by atomic mass is 16.5. The van der Waals surface area contributed by atoms with Crippen molar-refractivity contribution >= 4 is 11.7 Å². The molecule has 0 spiro atoms. The summed E-state index contributed by atoms with van der Waals surface area (Å²) in [5.41, 5.74) is 0.578. The number of urea groups is 1. The predicted octanol–water partition coefficient (Wildman–Crippen LogP) is 2.96. The molecule has 0 saturated heterocycles. The number of nitrogens with zero attached hydrogens (tertiary/aromatic N) is 1. The van der Waals surface area contributed by atoms with Gasteiger partial charge in [0.25, 0.3) is 0 Å². The van der Waals surface area contributed by atoms with Crippen molar-refractivity contribution in [3.8, 4) is 11.5 Å². The first-order valence-electron chi connectivity index (χ1n) is 6.40. The van der Waals surface area contributed by atoms with Gasteiger partial charge in [0.15, 0.2) is 0 Å². The summed E-state index contributed by atoms with van der Waals surface area (Å²) in [5, 5.41) is 2.79. The average molecular weight is 290 g/mol. The van der Waals surface area contributed by atoms with Crippen LogP contribution in [0.1, 0.15) is 5.76 Å². The van der Waals surface area contributed by atoms with Gasteiger partial charge in [-0.3, -0.25) is 0 Å². The second-order valence-corrected chi connectivity index (χ2v) is 4.43. The van der Waals surface area contributed by atoms with Crippen molar-refractivity contribution in [1.82, 2.24) is 4.90 Å². The Morgan fingerprint density at radius 1 is 1.29 bits per heavy atom.